The number of nitrogens with one attached hydrogen (secondary N) is 2. The van der Waals surface area contributed by atoms with Gasteiger partial charge in [-0.1, -0.05) is 29.8 Å². The number of aryl methyl sites for hydroxylation is 1. The molecule has 0 fully saturated rings. The topological polar surface area (TPSA) is 61.4 Å². The number of fused-ring (bicyclic) bond motifs is 1. The van der Waals surface area contributed by atoms with Crippen LogP contribution in [0.15, 0.2) is 42.5 Å². The maximum Gasteiger partial charge on any atom is 0.251 e. The van der Waals surface area contributed by atoms with Crippen molar-refractivity contribution in [3.8, 4) is 0 Å². The second-order valence-electron chi connectivity index (χ2n) is 6.44. The van der Waals surface area contributed by atoms with Gasteiger partial charge < -0.3 is 15.5 Å². The van der Waals surface area contributed by atoms with Gasteiger partial charge >= 0.3 is 0 Å². The third-order valence-electron chi connectivity index (χ3n) is 4.44. The highest BCUT2D eigenvalue weighted by atomic mass is 16.2. The van der Waals surface area contributed by atoms with Crippen molar-refractivity contribution in [1.82, 2.24) is 5.32 Å². The van der Waals surface area contributed by atoms with Crippen LogP contribution in [0.1, 0.15) is 27.9 Å². The smallest absolute Gasteiger partial charge is 0.251 e. The van der Waals surface area contributed by atoms with Crippen LogP contribution in [-0.2, 0) is 11.2 Å². The quantitative estimate of drug-likeness (QED) is 0.902. The Morgan fingerprint density at radius 1 is 1.20 bits per heavy atom. The third-order valence-corrected chi connectivity index (χ3v) is 4.44. The number of carbonyl (C=O) groups excluding carboxylic acids is 2. The summed E-state index contributed by atoms with van der Waals surface area (Å²) in [6, 6.07) is 13.7. The van der Waals surface area contributed by atoms with Gasteiger partial charge in [-0.05, 0) is 37.1 Å². The third kappa shape index (κ3) is 4.18. The van der Waals surface area contributed by atoms with Gasteiger partial charge in [0.1, 0.15) is 0 Å². The Kier molecular flexibility index (Phi) is 5.03. The van der Waals surface area contributed by atoms with E-state index in [0.717, 1.165) is 12.1 Å². The monoisotopic (exact) mass is 337 g/mol. The first kappa shape index (κ1) is 17.0. The molecule has 0 saturated carbocycles. The summed E-state index contributed by atoms with van der Waals surface area (Å²) in [7, 11) is 1.94. The molecule has 0 atom stereocenters. The number of amides is 2. The largest absolute Gasteiger partial charge is 0.372 e. The van der Waals surface area contributed by atoms with E-state index in [0.29, 0.717) is 30.8 Å². The Morgan fingerprint density at radius 2 is 1.96 bits per heavy atom. The molecule has 0 unspecified atom stereocenters. The number of benzene rings is 2. The standard InChI is InChI=1S/C20H23N3O2/c1-14-3-5-15(6-4-14)9-11-21-20(25)16-7-8-18-17(13-16)22-19(24)10-12-23(18)2/h3-8,13H,9-12H2,1-2H3,(H,21,25)(H,22,24). The van der Waals surface area contributed by atoms with Crippen molar-refractivity contribution in [3.05, 3.63) is 59.2 Å². The van der Waals surface area contributed by atoms with Crippen molar-refractivity contribution in [2.24, 2.45) is 0 Å². The molecule has 2 aromatic rings. The van der Waals surface area contributed by atoms with Crippen LogP contribution in [-0.4, -0.2) is 32.0 Å². The molecule has 2 amide bonds. The Hall–Kier alpha value is -2.82. The van der Waals surface area contributed by atoms with Crippen molar-refractivity contribution < 1.29 is 9.59 Å². The highest BCUT2D eigenvalue weighted by molar-refractivity contribution is 6.00. The van der Waals surface area contributed by atoms with Gasteiger partial charge in [-0.15, -0.1) is 0 Å². The molecule has 0 saturated heterocycles. The number of nitrogens with zero attached hydrogens (tertiary/aromatic N) is 1. The molecule has 0 aromatic heterocycles. The van der Waals surface area contributed by atoms with E-state index in [1.807, 2.05) is 18.0 Å². The fraction of sp³-hybridized carbons (Fsp3) is 0.300. The van der Waals surface area contributed by atoms with E-state index in [1.165, 1.54) is 11.1 Å². The molecule has 130 valence electrons. The summed E-state index contributed by atoms with van der Waals surface area (Å²) < 4.78 is 0. The minimum absolute atomic E-state index is 0.0254. The van der Waals surface area contributed by atoms with Gasteiger partial charge in [0.05, 0.1) is 11.4 Å². The summed E-state index contributed by atoms with van der Waals surface area (Å²) in [5.74, 6) is -0.154. The van der Waals surface area contributed by atoms with Crippen LogP contribution in [0.2, 0.25) is 0 Å². The van der Waals surface area contributed by atoms with Crippen LogP contribution >= 0.6 is 0 Å². The summed E-state index contributed by atoms with van der Waals surface area (Å²) in [5.41, 5.74) is 4.60. The zero-order chi connectivity index (χ0) is 17.8. The van der Waals surface area contributed by atoms with E-state index in [4.69, 9.17) is 0 Å². The van der Waals surface area contributed by atoms with Crippen LogP contribution in [0.5, 0.6) is 0 Å². The van der Waals surface area contributed by atoms with Gasteiger partial charge in [-0.3, -0.25) is 9.59 Å². The van der Waals surface area contributed by atoms with Crippen LogP contribution in [0.3, 0.4) is 0 Å². The molecule has 1 aliphatic rings. The molecule has 2 N–H and O–H groups in total. The normalized spacial score (nSPS) is 13.7. The predicted octanol–water partition coefficient (Wildman–Crippen LogP) is 2.75. The number of anilines is 2. The molecule has 25 heavy (non-hydrogen) atoms. The maximum absolute atomic E-state index is 12.4. The van der Waals surface area contributed by atoms with Crippen LogP contribution in [0, 0.1) is 6.92 Å². The highest BCUT2D eigenvalue weighted by Crippen LogP contribution is 2.28. The Balaban J connectivity index is 1.64. The molecular weight excluding hydrogens is 314 g/mol. The number of rotatable bonds is 4. The van der Waals surface area contributed by atoms with E-state index in [1.54, 1.807) is 12.1 Å². The second kappa shape index (κ2) is 7.38. The lowest BCUT2D eigenvalue weighted by Crippen LogP contribution is -2.26. The highest BCUT2D eigenvalue weighted by Gasteiger charge is 2.18. The van der Waals surface area contributed by atoms with Gasteiger partial charge in [0, 0.05) is 32.1 Å². The van der Waals surface area contributed by atoms with Crippen molar-refractivity contribution in [2.75, 3.05) is 30.4 Å². The first-order valence-corrected chi connectivity index (χ1v) is 8.52. The minimum atomic E-state index is -0.129. The Bertz CT molecular complexity index is 784. The van der Waals surface area contributed by atoms with Gasteiger partial charge in [-0.2, -0.15) is 0 Å². The summed E-state index contributed by atoms with van der Waals surface area (Å²) >= 11 is 0. The molecule has 3 rings (SSSR count). The fourth-order valence-corrected chi connectivity index (χ4v) is 2.89. The van der Waals surface area contributed by atoms with Gasteiger partial charge in [0.15, 0.2) is 0 Å². The number of hydrogen-bond acceptors (Lipinski definition) is 3. The van der Waals surface area contributed by atoms with E-state index < -0.39 is 0 Å². The maximum atomic E-state index is 12.4. The fourth-order valence-electron chi connectivity index (χ4n) is 2.89. The molecule has 0 radical (unpaired) electrons. The molecule has 2 aromatic carbocycles. The van der Waals surface area contributed by atoms with Crippen LogP contribution in [0.4, 0.5) is 11.4 Å². The van der Waals surface area contributed by atoms with Crippen molar-refractivity contribution in [3.63, 3.8) is 0 Å². The summed E-state index contributed by atoms with van der Waals surface area (Å²) in [5, 5.41) is 5.82. The lowest BCUT2D eigenvalue weighted by Gasteiger charge is -2.18. The van der Waals surface area contributed by atoms with E-state index in [9.17, 15) is 9.59 Å². The minimum Gasteiger partial charge on any atom is -0.372 e. The van der Waals surface area contributed by atoms with Crippen molar-refractivity contribution >= 4 is 23.2 Å². The lowest BCUT2D eigenvalue weighted by atomic mass is 10.1. The summed E-state index contributed by atoms with van der Waals surface area (Å²) in [6.45, 7) is 3.30. The van der Waals surface area contributed by atoms with E-state index in [-0.39, 0.29) is 11.8 Å². The van der Waals surface area contributed by atoms with Crippen molar-refractivity contribution in [1.29, 1.82) is 0 Å². The molecule has 1 aliphatic heterocycles. The zero-order valence-corrected chi connectivity index (χ0v) is 14.6. The van der Waals surface area contributed by atoms with E-state index in [2.05, 4.69) is 41.8 Å². The lowest BCUT2D eigenvalue weighted by molar-refractivity contribution is -0.115. The first-order valence-electron chi connectivity index (χ1n) is 8.52. The molecule has 0 aliphatic carbocycles. The summed E-state index contributed by atoms with van der Waals surface area (Å²) in [4.78, 5) is 26.2. The van der Waals surface area contributed by atoms with E-state index >= 15 is 0 Å². The Labute approximate surface area is 148 Å². The van der Waals surface area contributed by atoms with Crippen LogP contribution < -0.4 is 15.5 Å². The SMILES string of the molecule is Cc1ccc(CCNC(=O)c2ccc3c(c2)NC(=O)CCN3C)cc1. The molecule has 5 heteroatoms. The second-order valence-corrected chi connectivity index (χ2v) is 6.44. The molecule has 5 nitrogen and oxygen atoms in total. The van der Waals surface area contributed by atoms with Crippen molar-refractivity contribution in [2.45, 2.75) is 19.8 Å². The molecule has 0 spiro atoms. The first-order chi connectivity index (χ1) is 12.0. The predicted molar refractivity (Wildman–Crippen MR) is 100 cm³/mol. The summed E-state index contributed by atoms with van der Waals surface area (Å²) in [6.07, 6.45) is 1.24. The zero-order valence-electron chi connectivity index (χ0n) is 14.6. The molecule has 1 heterocycles. The Morgan fingerprint density at radius 3 is 2.72 bits per heavy atom. The molecular formula is C20H23N3O2. The molecule has 0 bridgehead atoms. The number of carbonyl (C=O) groups is 2. The number of hydrogen-bond donors (Lipinski definition) is 2. The van der Waals surface area contributed by atoms with Crippen LogP contribution in [0.25, 0.3) is 0 Å². The van der Waals surface area contributed by atoms with Gasteiger partial charge in [0.2, 0.25) is 5.91 Å². The van der Waals surface area contributed by atoms with Gasteiger partial charge in [-0.25, -0.2) is 0 Å². The van der Waals surface area contributed by atoms with Gasteiger partial charge in [0.25, 0.3) is 5.91 Å². The average molecular weight is 337 g/mol. The average Bonchev–Trinajstić information content (AvgIpc) is 2.74.